The second kappa shape index (κ2) is 12.0. The number of hydrogen-bond acceptors (Lipinski definition) is 6. The van der Waals surface area contributed by atoms with E-state index < -0.39 is 18.5 Å². The van der Waals surface area contributed by atoms with E-state index in [9.17, 15) is 9.59 Å². The second-order valence-electron chi connectivity index (χ2n) is 6.65. The minimum absolute atomic E-state index is 0.166. The van der Waals surface area contributed by atoms with E-state index in [0.29, 0.717) is 17.2 Å². The normalized spacial score (nSPS) is 10.4. The maximum Gasteiger partial charge on any atom is 0.344 e. The molecule has 162 valence electrons. The summed E-state index contributed by atoms with van der Waals surface area (Å²) < 4.78 is 15.9. The predicted molar refractivity (Wildman–Crippen MR) is 118 cm³/mol. The van der Waals surface area contributed by atoms with Gasteiger partial charge in [-0.05, 0) is 43.7 Å². The Kier molecular flexibility index (Phi) is 9.12. The summed E-state index contributed by atoms with van der Waals surface area (Å²) in [6.45, 7) is 3.25. The van der Waals surface area contributed by atoms with Gasteiger partial charge in [0.25, 0.3) is 5.91 Å². The van der Waals surface area contributed by atoms with Gasteiger partial charge < -0.3 is 19.1 Å². The van der Waals surface area contributed by atoms with Gasteiger partial charge >= 0.3 is 5.97 Å². The molecule has 0 heterocycles. The van der Waals surface area contributed by atoms with Crippen molar-refractivity contribution in [3.8, 4) is 17.6 Å². The van der Waals surface area contributed by atoms with Crippen LogP contribution in [0, 0.1) is 18.3 Å². The van der Waals surface area contributed by atoms with E-state index in [1.807, 2.05) is 50.3 Å². The summed E-state index contributed by atoms with van der Waals surface area (Å²) in [4.78, 5) is 26.1. The fourth-order valence-electron chi connectivity index (χ4n) is 2.78. The summed E-state index contributed by atoms with van der Waals surface area (Å²) in [5, 5.41) is 8.87. The lowest BCUT2D eigenvalue weighted by Gasteiger charge is -2.22. The first-order chi connectivity index (χ1) is 15.0. The summed E-state index contributed by atoms with van der Waals surface area (Å²) in [6, 6.07) is 14.7. The van der Waals surface area contributed by atoms with Gasteiger partial charge in [-0.25, -0.2) is 4.79 Å². The number of allylic oxidation sites excluding steroid dienone is 1. The molecule has 0 fully saturated rings. The van der Waals surface area contributed by atoms with Crippen LogP contribution in [0.15, 0.2) is 48.5 Å². The molecule has 31 heavy (non-hydrogen) atoms. The first-order valence-electron chi connectivity index (χ1n) is 9.81. The zero-order valence-electron chi connectivity index (χ0n) is 18.0. The lowest BCUT2D eigenvalue weighted by molar-refractivity contribution is -0.149. The number of anilines is 1. The lowest BCUT2D eigenvalue weighted by Crippen LogP contribution is -2.36. The largest absolute Gasteiger partial charge is 0.493 e. The van der Waals surface area contributed by atoms with E-state index in [2.05, 4.69) is 0 Å². The minimum atomic E-state index is -0.683. The van der Waals surface area contributed by atoms with Crippen LogP contribution in [-0.4, -0.2) is 38.7 Å². The summed E-state index contributed by atoms with van der Waals surface area (Å²) in [6.07, 6.45) is 3.98. The average Bonchev–Trinajstić information content (AvgIpc) is 2.78. The Morgan fingerprint density at radius 2 is 1.84 bits per heavy atom. The van der Waals surface area contributed by atoms with Crippen molar-refractivity contribution in [3.05, 3.63) is 59.7 Å². The van der Waals surface area contributed by atoms with Gasteiger partial charge in [-0.3, -0.25) is 4.79 Å². The Labute approximate surface area is 182 Å². The molecule has 0 unspecified atom stereocenters. The molecule has 2 rings (SSSR count). The molecule has 0 aromatic heterocycles. The quantitative estimate of drug-likeness (QED) is 0.540. The minimum Gasteiger partial charge on any atom is -0.493 e. The summed E-state index contributed by atoms with van der Waals surface area (Å²) in [5.41, 5.74) is 2.63. The number of esters is 1. The Hall–Kier alpha value is -3.79. The van der Waals surface area contributed by atoms with Crippen LogP contribution in [0.25, 0.3) is 6.08 Å². The van der Waals surface area contributed by atoms with E-state index in [1.165, 1.54) is 12.0 Å². The molecule has 0 aliphatic rings. The van der Waals surface area contributed by atoms with Gasteiger partial charge in [0.05, 0.1) is 19.6 Å². The monoisotopic (exact) mass is 422 g/mol. The van der Waals surface area contributed by atoms with E-state index in [4.69, 9.17) is 19.5 Å². The molecule has 0 saturated heterocycles. The molecule has 0 N–H and O–H groups in total. The van der Waals surface area contributed by atoms with Crippen LogP contribution in [0.4, 0.5) is 5.69 Å². The number of rotatable bonds is 10. The van der Waals surface area contributed by atoms with Crippen molar-refractivity contribution in [1.29, 1.82) is 5.26 Å². The van der Waals surface area contributed by atoms with Crippen molar-refractivity contribution in [1.82, 2.24) is 0 Å². The highest BCUT2D eigenvalue weighted by molar-refractivity contribution is 5.95. The van der Waals surface area contributed by atoms with Crippen molar-refractivity contribution >= 4 is 23.6 Å². The van der Waals surface area contributed by atoms with Gasteiger partial charge in [0.2, 0.25) is 0 Å². The molecule has 0 spiro atoms. The van der Waals surface area contributed by atoms with Crippen LogP contribution in [0.1, 0.15) is 24.5 Å². The highest BCUT2D eigenvalue weighted by Crippen LogP contribution is 2.28. The van der Waals surface area contributed by atoms with Gasteiger partial charge in [0, 0.05) is 12.2 Å². The van der Waals surface area contributed by atoms with Crippen LogP contribution in [0.2, 0.25) is 0 Å². The number of ether oxygens (including phenoxy) is 3. The summed E-state index contributed by atoms with van der Waals surface area (Å²) in [7, 11) is 1.51. The number of nitriles is 1. The highest BCUT2D eigenvalue weighted by Gasteiger charge is 2.18. The molecule has 7 nitrogen and oxygen atoms in total. The summed E-state index contributed by atoms with van der Waals surface area (Å²) in [5.74, 6) is -0.214. The van der Waals surface area contributed by atoms with E-state index in [0.717, 1.165) is 11.1 Å². The predicted octanol–water partition coefficient (Wildman–Crippen LogP) is 3.91. The van der Waals surface area contributed by atoms with Crippen LogP contribution < -0.4 is 14.4 Å². The van der Waals surface area contributed by atoms with Crippen LogP contribution in [0.5, 0.6) is 11.5 Å². The molecule has 7 heteroatoms. The standard InChI is InChI=1S/C24H26N2O5/c1-4-6-19-9-12-21(22(15-19)29-3)30-17-24(28)31-16-23(27)26(14-5-13-25)20-10-7-18(2)8-11-20/h4,6-12,15H,5,14,16-17H2,1-3H3/b6-4+. The molecule has 0 atom stereocenters. The van der Waals surface area contributed by atoms with Crippen molar-refractivity contribution < 1.29 is 23.8 Å². The van der Waals surface area contributed by atoms with E-state index in [1.54, 1.807) is 24.3 Å². The van der Waals surface area contributed by atoms with Crippen molar-refractivity contribution in [2.24, 2.45) is 0 Å². The van der Waals surface area contributed by atoms with Crippen molar-refractivity contribution in [2.45, 2.75) is 20.3 Å². The number of carbonyl (C=O) groups excluding carboxylic acids is 2. The molecular weight excluding hydrogens is 396 g/mol. The topological polar surface area (TPSA) is 88.9 Å². The van der Waals surface area contributed by atoms with Crippen LogP contribution in [0.3, 0.4) is 0 Å². The van der Waals surface area contributed by atoms with Gasteiger partial charge in [-0.2, -0.15) is 5.26 Å². The third-order valence-corrected chi connectivity index (χ3v) is 4.34. The Bertz CT molecular complexity index is 961. The Morgan fingerprint density at radius 1 is 1.10 bits per heavy atom. The zero-order valence-corrected chi connectivity index (χ0v) is 18.0. The molecule has 0 saturated carbocycles. The smallest absolute Gasteiger partial charge is 0.344 e. The molecule has 2 aromatic rings. The van der Waals surface area contributed by atoms with Crippen LogP contribution >= 0.6 is 0 Å². The fourth-order valence-corrected chi connectivity index (χ4v) is 2.78. The van der Waals surface area contributed by atoms with Crippen LogP contribution in [-0.2, 0) is 14.3 Å². The number of hydrogen-bond donors (Lipinski definition) is 0. The molecule has 0 radical (unpaired) electrons. The summed E-state index contributed by atoms with van der Waals surface area (Å²) >= 11 is 0. The first-order valence-corrected chi connectivity index (χ1v) is 9.81. The fraction of sp³-hybridized carbons (Fsp3) is 0.292. The highest BCUT2D eigenvalue weighted by atomic mass is 16.6. The van der Waals surface area contributed by atoms with Crippen molar-refractivity contribution in [2.75, 3.05) is 31.8 Å². The molecule has 1 amide bonds. The number of carbonyl (C=O) groups is 2. The SMILES string of the molecule is C/C=C/c1ccc(OCC(=O)OCC(=O)N(CCC#N)c2ccc(C)cc2)c(OC)c1. The average molecular weight is 422 g/mol. The third-order valence-electron chi connectivity index (χ3n) is 4.34. The van der Waals surface area contributed by atoms with Gasteiger partial charge in [0.15, 0.2) is 24.7 Å². The molecule has 0 aliphatic heterocycles. The molecule has 2 aromatic carbocycles. The molecular formula is C24H26N2O5. The van der Waals surface area contributed by atoms with Gasteiger partial charge in [-0.1, -0.05) is 35.9 Å². The van der Waals surface area contributed by atoms with Gasteiger partial charge in [-0.15, -0.1) is 0 Å². The van der Waals surface area contributed by atoms with Crippen molar-refractivity contribution in [3.63, 3.8) is 0 Å². The maximum absolute atomic E-state index is 12.6. The third kappa shape index (κ3) is 7.19. The number of aryl methyl sites for hydroxylation is 1. The molecule has 0 aliphatic carbocycles. The van der Waals surface area contributed by atoms with Gasteiger partial charge in [0.1, 0.15) is 0 Å². The first kappa shape index (κ1) is 23.5. The van der Waals surface area contributed by atoms with E-state index in [-0.39, 0.29) is 19.6 Å². The number of amides is 1. The number of nitrogens with zero attached hydrogens (tertiary/aromatic N) is 2. The number of methoxy groups -OCH3 is 1. The number of benzene rings is 2. The Morgan fingerprint density at radius 3 is 2.48 bits per heavy atom. The second-order valence-corrected chi connectivity index (χ2v) is 6.65. The lowest BCUT2D eigenvalue weighted by atomic mass is 10.2. The molecule has 0 bridgehead atoms. The van der Waals surface area contributed by atoms with E-state index >= 15 is 0 Å². The zero-order chi connectivity index (χ0) is 22.6. The Balaban J connectivity index is 1.93. The maximum atomic E-state index is 12.6.